The number of rotatable bonds is 3. The van der Waals surface area contributed by atoms with Gasteiger partial charge in [-0.05, 0) is 13.3 Å². The molecule has 1 aliphatic rings. The monoisotopic (exact) mass is 140 g/mol. The second-order valence-electron chi connectivity index (χ2n) is 2.77. The summed E-state index contributed by atoms with van der Waals surface area (Å²) >= 11 is 0. The number of amidine groups is 1. The van der Waals surface area contributed by atoms with Crippen molar-refractivity contribution in [2.24, 2.45) is 4.99 Å². The van der Waals surface area contributed by atoms with Gasteiger partial charge in [0.1, 0.15) is 0 Å². The Kier molecular flexibility index (Phi) is 2.72. The van der Waals surface area contributed by atoms with Crippen molar-refractivity contribution in [3.63, 3.8) is 0 Å². The maximum atomic E-state index is 4.31. The minimum Gasteiger partial charge on any atom is -0.359 e. The molecule has 0 aromatic heterocycles. The van der Waals surface area contributed by atoms with Crippen LogP contribution in [0.2, 0.25) is 0 Å². The lowest BCUT2D eigenvalue weighted by Gasteiger charge is -2.16. The molecule has 1 aliphatic heterocycles. The first-order valence-electron chi connectivity index (χ1n) is 4.10. The summed E-state index contributed by atoms with van der Waals surface area (Å²) in [5.74, 6) is 1.23. The number of aliphatic imine (C=N–C) groups is 1. The summed E-state index contributed by atoms with van der Waals surface area (Å²) < 4.78 is 0. The number of unbranched alkanes of at least 4 members (excludes halogenated alkanes) is 1. The fraction of sp³-hybridized carbons (Fsp3) is 0.875. The van der Waals surface area contributed by atoms with Crippen molar-refractivity contribution >= 4 is 5.84 Å². The second kappa shape index (κ2) is 3.59. The first-order chi connectivity index (χ1) is 4.84. The van der Waals surface area contributed by atoms with E-state index in [1.54, 1.807) is 0 Å². The Hall–Kier alpha value is -0.530. The average Bonchev–Trinajstić information content (AvgIpc) is 2.31. The Balaban J connectivity index is 2.22. The lowest BCUT2D eigenvalue weighted by Crippen LogP contribution is -2.26. The van der Waals surface area contributed by atoms with Crippen molar-refractivity contribution in [1.82, 2.24) is 4.90 Å². The van der Waals surface area contributed by atoms with Crippen LogP contribution in [-0.4, -0.2) is 30.4 Å². The summed E-state index contributed by atoms with van der Waals surface area (Å²) in [6, 6.07) is 0. The topological polar surface area (TPSA) is 15.6 Å². The van der Waals surface area contributed by atoms with E-state index in [4.69, 9.17) is 0 Å². The molecule has 1 heterocycles. The summed E-state index contributed by atoms with van der Waals surface area (Å²) in [4.78, 5) is 6.68. The van der Waals surface area contributed by atoms with Gasteiger partial charge < -0.3 is 4.90 Å². The van der Waals surface area contributed by atoms with Crippen LogP contribution < -0.4 is 0 Å². The van der Waals surface area contributed by atoms with Gasteiger partial charge in [0, 0.05) is 13.1 Å². The van der Waals surface area contributed by atoms with Gasteiger partial charge in [0.15, 0.2) is 0 Å². The highest BCUT2D eigenvalue weighted by molar-refractivity contribution is 5.81. The molecule has 0 saturated carbocycles. The summed E-state index contributed by atoms with van der Waals surface area (Å²) in [6.07, 6.45) is 2.58. The third kappa shape index (κ3) is 1.72. The molecule has 0 radical (unpaired) electrons. The van der Waals surface area contributed by atoms with E-state index in [0.717, 1.165) is 13.1 Å². The zero-order chi connectivity index (χ0) is 7.40. The van der Waals surface area contributed by atoms with E-state index in [1.807, 2.05) is 0 Å². The zero-order valence-corrected chi connectivity index (χ0v) is 6.93. The maximum absolute atomic E-state index is 4.31. The second-order valence-corrected chi connectivity index (χ2v) is 2.77. The van der Waals surface area contributed by atoms with Crippen LogP contribution >= 0.6 is 0 Å². The van der Waals surface area contributed by atoms with Crippen molar-refractivity contribution in [3.8, 4) is 0 Å². The molecule has 0 aromatic rings. The van der Waals surface area contributed by atoms with Gasteiger partial charge in [-0.1, -0.05) is 13.3 Å². The van der Waals surface area contributed by atoms with E-state index < -0.39 is 0 Å². The molecule has 0 aromatic carbocycles. The summed E-state index contributed by atoms with van der Waals surface area (Å²) in [5.41, 5.74) is 0. The van der Waals surface area contributed by atoms with E-state index >= 15 is 0 Å². The van der Waals surface area contributed by atoms with Crippen LogP contribution in [0, 0.1) is 0 Å². The van der Waals surface area contributed by atoms with Crippen molar-refractivity contribution in [2.45, 2.75) is 26.7 Å². The Bertz CT molecular complexity index is 129. The standard InChI is InChI=1S/C8H16N2/c1-3-4-6-10-7-5-9-8(10)2/h3-7H2,1-2H3. The minimum atomic E-state index is 1.01. The molecule has 0 aliphatic carbocycles. The molecular formula is C8H16N2. The fourth-order valence-electron chi connectivity index (χ4n) is 1.22. The molecule has 0 saturated heterocycles. The Morgan fingerprint density at radius 1 is 1.60 bits per heavy atom. The van der Waals surface area contributed by atoms with Gasteiger partial charge in [-0.3, -0.25) is 4.99 Å². The lowest BCUT2D eigenvalue weighted by molar-refractivity contribution is 0.441. The van der Waals surface area contributed by atoms with Crippen molar-refractivity contribution in [1.29, 1.82) is 0 Å². The van der Waals surface area contributed by atoms with Crippen molar-refractivity contribution in [3.05, 3.63) is 0 Å². The summed E-state index contributed by atoms with van der Waals surface area (Å²) in [6.45, 7) is 7.68. The SMILES string of the molecule is CCCCN1CCN=C1C. The van der Waals surface area contributed by atoms with E-state index in [-0.39, 0.29) is 0 Å². The Labute approximate surface area is 62.9 Å². The van der Waals surface area contributed by atoms with E-state index in [9.17, 15) is 0 Å². The molecule has 0 unspecified atom stereocenters. The minimum absolute atomic E-state index is 1.01. The number of hydrogen-bond donors (Lipinski definition) is 0. The first-order valence-corrected chi connectivity index (χ1v) is 4.10. The highest BCUT2D eigenvalue weighted by Crippen LogP contribution is 2.02. The number of nitrogens with zero attached hydrogens (tertiary/aromatic N) is 2. The fourth-order valence-corrected chi connectivity index (χ4v) is 1.22. The van der Waals surface area contributed by atoms with Gasteiger partial charge in [-0.25, -0.2) is 0 Å². The van der Waals surface area contributed by atoms with Crippen LogP contribution in [0.4, 0.5) is 0 Å². The molecule has 10 heavy (non-hydrogen) atoms. The molecule has 0 fully saturated rings. The van der Waals surface area contributed by atoms with Gasteiger partial charge in [0.05, 0.1) is 12.4 Å². The molecule has 0 spiro atoms. The lowest BCUT2D eigenvalue weighted by atomic mass is 10.3. The van der Waals surface area contributed by atoms with Crippen LogP contribution in [0.15, 0.2) is 4.99 Å². The van der Waals surface area contributed by atoms with Gasteiger partial charge in [0.2, 0.25) is 0 Å². The summed E-state index contributed by atoms with van der Waals surface area (Å²) in [5, 5.41) is 0. The van der Waals surface area contributed by atoms with E-state index in [2.05, 4.69) is 23.7 Å². The third-order valence-corrected chi connectivity index (χ3v) is 1.95. The first kappa shape index (κ1) is 7.58. The molecule has 0 bridgehead atoms. The van der Waals surface area contributed by atoms with Crippen LogP contribution in [0.1, 0.15) is 26.7 Å². The number of hydrogen-bond acceptors (Lipinski definition) is 2. The van der Waals surface area contributed by atoms with E-state index in [0.29, 0.717) is 0 Å². The molecule has 2 heteroatoms. The Morgan fingerprint density at radius 3 is 2.90 bits per heavy atom. The molecular weight excluding hydrogens is 124 g/mol. The quantitative estimate of drug-likeness (QED) is 0.580. The van der Waals surface area contributed by atoms with Crippen LogP contribution in [0.3, 0.4) is 0 Å². The predicted molar refractivity (Wildman–Crippen MR) is 44.5 cm³/mol. The summed E-state index contributed by atoms with van der Waals surface area (Å²) in [7, 11) is 0. The predicted octanol–water partition coefficient (Wildman–Crippen LogP) is 1.52. The highest BCUT2D eigenvalue weighted by Gasteiger charge is 2.09. The van der Waals surface area contributed by atoms with E-state index in [1.165, 1.54) is 25.2 Å². The van der Waals surface area contributed by atoms with Gasteiger partial charge in [0.25, 0.3) is 0 Å². The zero-order valence-electron chi connectivity index (χ0n) is 6.93. The van der Waals surface area contributed by atoms with Crippen LogP contribution in [0.5, 0.6) is 0 Å². The Morgan fingerprint density at radius 2 is 2.40 bits per heavy atom. The normalized spacial score (nSPS) is 17.8. The molecule has 0 atom stereocenters. The van der Waals surface area contributed by atoms with Gasteiger partial charge in [-0.2, -0.15) is 0 Å². The van der Waals surface area contributed by atoms with Crippen molar-refractivity contribution in [2.75, 3.05) is 19.6 Å². The average molecular weight is 140 g/mol. The smallest absolute Gasteiger partial charge is 0.0958 e. The molecule has 0 amide bonds. The maximum Gasteiger partial charge on any atom is 0.0958 e. The highest BCUT2D eigenvalue weighted by atomic mass is 15.2. The molecule has 0 N–H and O–H groups in total. The van der Waals surface area contributed by atoms with Gasteiger partial charge in [-0.15, -0.1) is 0 Å². The molecule has 1 rings (SSSR count). The van der Waals surface area contributed by atoms with Crippen LogP contribution in [0.25, 0.3) is 0 Å². The molecule has 58 valence electrons. The van der Waals surface area contributed by atoms with Gasteiger partial charge >= 0.3 is 0 Å². The largest absolute Gasteiger partial charge is 0.359 e. The molecule has 2 nitrogen and oxygen atoms in total. The van der Waals surface area contributed by atoms with Crippen molar-refractivity contribution < 1.29 is 0 Å². The van der Waals surface area contributed by atoms with Crippen LogP contribution in [-0.2, 0) is 0 Å². The third-order valence-electron chi connectivity index (χ3n) is 1.95.